The fraction of sp³-hybridized carbons (Fsp3) is 0.227. The second-order valence-electron chi connectivity index (χ2n) is 6.86. The number of fused-ring (bicyclic) bond motifs is 1. The molecule has 0 spiro atoms. The molecule has 1 aliphatic rings. The van der Waals surface area contributed by atoms with Gasteiger partial charge in [0.25, 0.3) is 11.8 Å². The number of carbonyl (C=O) groups is 3. The third-order valence-electron chi connectivity index (χ3n) is 5.03. The average molecular weight is 391 g/mol. The predicted molar refractivity (Wildman–Crippen MR) is 108 cm³/mol. The second kappa shape index (κ2) is 7.79. The molecule has 1 aliphatic heterocycles. The lowest BCUT2D eigenvalue weighted by molar-refractivity contribution is -0.148. The number of hydrogen-bond acceptors (Lipinski definition) is 4. The molecule has 1 saturated heterocycles. The van der Waals surface area contributed by atoms with Crippen molar-refractivity contribution in [3.63, 3.8) is 0 Å². The van der Waals surface area contributed by atoms with Gasteiger partial charge >= 0.3 is 5.97 Å². The molecule has 4 rings (SSSR count). The Morgan fingerprint density at radius 2 is 1.86 bits per heavy atom. The lowest BCUT2D eigenvalue weighted by Gasteiger charge is -2.17. The van der Waals surface area contributed by atoms with Crippen LogP contribution in [-0.2, 0) is 14.3 Å². The van der Waals surface area contributed by atoms with Gasteiger partial charge in [-0.3, -0.25) is 14.4 Å². The smallest absolute Gasteiger partial charge is 0.313 e. The van der Waals surface area contributed by atoms with Gasteiger partial charge in [0.1, 0.15) is 17.7 Å². The summed E-state index contributed by atoms with van der Waals surface area (Å²) in [5.74, 6) is -2.06. The maximum absolute atomic E-state index is 13.1. The first kappa shape index (κ1) is 18.7. The summed E-state index contributed by atoms with van der Waals surface area (Å²) in [6.45, 7) is 2.07. The molecule has 2 amide bonds. The van der Waals surface area contributed by atoms with Crippen LogP contribution in [0.3, 0.4) is 0 Å². The van der Waals surface area contributed by atoms with Gasteiger partial charge in [-0.2, -0.15) is 0 Å². The van der Waals surface area contributed by atoms with E-state index in [0.717, 1.165) is 10.9 Å². The number of rotatable bonds is 5. The van der Waals surface area contributed by atoms with Gasteiger partial charge in [0.2, 0.25) is 0 Å². The van der Waals surface area contributed by atoms with E-state index >= 15 is 0 Å². The van der Waals surface area contributed by atoms with Crippen molar-refractivity contribution in [2.45, 2.75) is 13.0 Å². The number of carbonyl (C=O) groups excluding carboxylic acids is 3. The molecule has 1 aromatic heterocycles. The summed E-state index contributed by atoms with van der Waals surface area (Å²) in [7, 11) is 0. The van der Waals surface area contributed by atoms with Gasteiger partial charge in [0.05, 0.1) is 6.61 Å². The van der Waals surface area contributed by atoms with E-state index in [9.17, 15) is 14.4 Å². The van der Waals surface area contributed by atoms with E-state index in [1.807, 2.05) is 42.5 Å². The highest BCUT2D eigenvalue weighted by molar-refractivity contribution is 6.07. The van der Waals surface area contributed by atoms with Crippen molar-refractivity contribution in [3.05, 3.63) is 66.4 Å². The zero-order valence-corrected chi connectivity index (χ0v) is 15.9. The Bertz CT molecular complexity index is 1030. The zero-order chi connectivity index (χ0) is 20.4. The van der Waals surface area contributed by atoms with Gasteiger partial charge in [-0.25, -0.2) is 0 Å². The van der Waals surface area contributed by atoms with Crippen molar-refractivity contribution in [1.29, 1.82) is 0 Å². The van der Waals surface area contributed by atoms with Gasteiger partial charge in [0, 0.05) is 23.1 Å². The molecule has 0 unspecified atom stereocenters. The molecule has 1 fully saturated rings. The fourth-order valence-corrected chi connectivity index (χ4v) is 3.61. The van der Waals surface area contributed by atoms with Crippen LogP contribution in [0.15, 0.2) is 60.7 Å². The van der Waals surface area contributed by atoms with E-state index < -0.39 is 23.8 Å². The van der Waals surface area contributed by atoms with E-state index in [2.05, 4.69) is 10.3 Å². The van der Waals surface area contributed by atoms with Crippen molar-refractivity contribution in [1.82, 2.24) is 10.3 Å². The Hall–Kier alpha value is -3.61. The first-order valence-electron chi connectivity index (χ1n) is 9.50. The van der Waals surface area contributed by atoms with Gasteiger partial charge in [-0.15, -0.1) is 0 Å². The number of anilines is 1. The summed E-state index contributed by atoms with van der Waals surface area (Å²) in [5.41, 5.74) is 1.83. The van der Waals surface area contributed by atoms with Crippen LogP contribution in [0.2, 0.25) is 0 Å². The van der Waals surface area contributed by atoms with Crippen LogP contribution in [0.5, 0.6) is 0 Å². The SMILES string of the molecule is CCOC(=O)[C@H]1CN(c2ccccc2)C(=O)[C@H]1NC(=O)c1cc2ccccc2[nH]1. The number of benzene rings is 2. The summed E-state index contributed by atoms with van der Waals surface area (Å²) in [5, 5.41) is 3.62. The maximum Gasteiger partial charge on any atom is 0.313 e. The normalized spacial score (nSPS) is 18.8. The fourth-order valence-electron chi connectivity index (χ4n) is 3.61. The van der Waals surface area contributed by atoms with Crippen LogP contribution in [0.25, 0.3) is 10.9 Å². The van der Waals surface area contributed by atoms with Crippen molar-refractivity contribution >= 4 is 34.4 Å². The van der Waals surface area contributed by atoms with Crippen LogP contribution in [0, 0.1) is 5.92 Å². The Balaban J connectivity index is 1.60. The zero-order valence-electron chi connectivity index (χ0n) is 15.9. The number of esters is 1. The van der Waals surface area contributed by atoms with Crippen LogP contribution >= 0.6 is 0 Å². The molecular formula is C22H21N3O4. The van der Waals surface area contributed by atoms with E-state index in [1.54, 1.807) is 25.1 Å². The lowest BCUT2D eigenvalue weighted by atomic mass is 10.0. The Morgan fingerprint density at radius 3 is 2.59 bits per heavy atom. The first-order valence-corrected chi connectivity index (χ1v) is 9.50. The number of ether oxygens (including phenoxy) is 1. The molecule has 3 aromatic rings. The molecular weight excluding hydrogens is 370 g/mol. The van der Waals surface area contributed by atoms with Crippen molar-refractivity contribution < 1.29 is 19.1 Å². The van der Waals surface area contributed by atoms with Gasteiger partial charge in [-0.1, -0.05) is 36.4 Å². The lowest BCUT2D eigenvalue weighted by Crippen LogP contribution is -2.46. The monoisotopic (exact) mass is 391 g/mol. The van der Waals surface area contributed by atoms with Crippen molar-refractivity contribution in [3.8, 4) is 0 Å². The number of nitrogens with zero attached hydrogens (tertiary/aromatic N) is 1. The highest BCUT2D eigenvalue weighted by Crippen LogP contribution is 2.27. The highest BCUT2D eigenvalue weighted by Gasteiger charge is 2.46. The molecule has 0 saturated carbocycles. The van der Waals surface area contributed by atoms with Crippen molar-refractivity contribution in [2.75, 3.05) is 18.1 Å². The Morgan fingerprint density at radius 1 is 1.14 bits per heavy atom. The number of H-pyrrole nitrogens is 1. The molecule has 148 valence electrons. The van der Waals surface area contributed by atoms with Gasteiger partial charge in [0.15, 0.2) is 0 Å². The number of amides is 2. The first-order chi connectivity index (χ1) is 14.1. The maximum atomic E-state index is 13.1. The molecule has 2 atom stereocenters. The molecule has 0 radical (unpaired) electrons. The summed E-state index contributed by atoms with van der Waals surface area (Å²) in [4.78, 5) is 42.9. The number of aromatic amines is 1. The molecule has 2 aromatic carbocycles. The van der Waals surface area contributed by atoms with E-state index in [4.69, 9.17) is 4.74 Å². The highest BCUT2D eigenvalue weighted by atomic mass is 16.5. The minimum Gasteiger partial charge on any atom is -0.466 e. The molecule has 0 aliphatic carbocycles. The Labute approximate surface area is 167 Å². The summed E-state index contributed by atoms with van der Waals surface area (Å²) >= 11 is 0. The number of hydrogen-bond donors (Lipinski definition) is 2. The van der Waals surface area contributed by atoms with Crippen LogP contribution in [0.1, 0.15) is 17.4 Å². The predicted octanol–water partition coefficient (Wildman–Crippen LogP) is 2.49. The minimum atomic E-state index is -0.992. The third kappa shape index (κ3) is 3.59. The number of nitrogens with one attached hydrogen (secondary N) is 2. The minimum absolute atomic E-state index is 0.152. The average Bonchev–Trinajstić information content (AvgIpc) is 3.31. The second-order valence-corrected chi connectivity index (χ2v) is 6.86. The van der Waals surface area contributed by atoms with Crippen LogP contribution < -0.4 is 10.2 Å². The van der Waals surface area contributed by atoms with Gasteiger partial charge in [-0.05, 0) is 31.2 Å². The summed E-state index contributed by atoms with van der Waals surface area (Å²) in [6, 6.07) is 17.3. The molecule has 29 heavy (non-hydrogen) atoms. The third-order valence-corrected chi connectivity index (χ3v) is 5.03. The van der Waals surface area contributed by atoms with Crippen molar-refractivity contribution in [2.24, 2.45) is 5.92 Å². The van der Waals surface area contributed by atoms with E-state index in [-0.39, 0.29) is 19.1 Å². The quantitative estimate of drug-likeness (QED) is 0.654. The molecule has 2 N–H and O–H groups in total. The largest absolute Gasteiger partial charge is 0.466 e. The van der Waals surface area contributed by atoms with Crippen LogP contribution in [-0.4, -0.2) is 42.0 Å². The topological polar surface area (TPSA) is 91.5 Å². The summed E-state index contributed by atoms with van der Waals surface area (Å²) in [6.07, 6.45) is 0. The van der Waals surface area contributed by atoms with E-state index in [0.29, 0.717) is 11.4 Å². The summed E-state index contributed by atoms with van der Waals surface area (Å²) < 4.78 is 5.15. The number of aromatic nitrogens is 1. The van der Waals surface area contributed by atoms with Crippen LogP contribution in [0.4, 0.5) is 5.69 Å². The number of para-hydroxylation sites is 2. The molecule has 2 heterocycles. The van der Waals surface area contributed by atoms with E-state index in [1.165, 1.54) is 4.90 Å². The Kier molecular flexibility index (Phi) is 5.03. The molecule has 7 heteroatoms. The van der Waals surface area contributed by atoms with Gasteiger partial charge < -0.3 is 19.9 Å². The standard InChI is InChI=1S/C22H21N3O4/c1-2-29-22(28)16-13-25(15-9-4-3-5-10-15)21(27)19(16)24-20(26)18-12-14-8-6-7-11-17(14)23-18/h3-12,16,19,23H,2,13H2,1H3,(H,24,26)/t16-,19-/m0/s1. The molecule has 0 bridgehead atoms. The molecule has 7 nitrogen and oxygen atoms in total.